The summed E-state index contributed by atoms with van der Waals surface area (Å²) < 4.78 is 37.8. The van der Waals surface area contributed by atoms with Gasteiger partial charge in [0.2, 0.25) is 0 Å². The fourth-order valence-corrected chi connectivity index (χ4v) is 2.29. The number of halogens is 3. The molecule has 0 bridgehead atoms. The first-order valence-electron chi connectivity index (χ1n) is 6.12. The van der Waals surface area contributed by atoms with Crippen molar-refractivity contribution in [3.05, 3.63) is 35.4 Å². The molecule has 18 heavy (non-hydrogen) atoms. The summed E-state index contributed by atoms with van der Waals surface area (Å²) in [6.07, 6.45) is -2.01. The summed E-state index contributed by atoms with van der Waals surface area (Å²) in [7, 11) is 0. The zero-order valence-electron chi connectivity index (χ0n) is 10.1. The maximum absolute atomic E-state index is 12.6. The Balaban J connectivity index is 2.07. The van der Waals surface area contributed by atoms with Gasteiger partial charge in [0.1, 0.15) is 0 Å². The largest absolute Gasteiger partial charge is 0.416 e. The molecule has 1 aromatic carbocycles. The Morgan fingerprint density at radius 2 is 1.89 bits per heavy atom. The minimum atomic E-state index is -4.30. The third-order valence-corrected chi connectivity index (χ3v) is 3.30. The average molecular weight is 258 g/mol. The lowest BCUT2D eigenvalue weighted by atomic mass is 10.0. The number of benzene rings is 1. The van der Waals surface area contributed by atoms with Crippen LogP contribution in [-0.2, 0) is 6.18 Å². The van der Waals surface area contributed by atoms with Crippen molar-refractivity contribution in [2.75, 3.05) is 19.6 Å². The van der Waals surface area contributed by atoms with E-state index in [4.69, 9.17) is 5.73 Å². The van der Waals surface area contributed by atoms with Gasteiger partial charge in [0.15, 0.2) is 0 Å². The van der Waals surface area contributed by atoms with E-state index in [2.05, 4.69) is 4.90 Å². The molecule has 1 aliphatic heterocycles. The van der Waals surface area contributed by atoms with Crippen LogP contribution in [0.25, 0.3) is 0 Å². The summed E-state index contributed by atoms with van der Waals surface area (Å²) in [5.41, 5.74) is 5.90. The molecule has 1 saturated heterocycles. The maximum atomic E-state index is 12.6. The normalized spacial score (nSPS) is 19.1. The standard InChI is InChI=1S/C13H17F3N2/c14-13(15,16)11-5-3-4-10(8-11)12(17)9-18-6-1-2-7-18/h3-5,8,12H,1-2,6-7,9,17H2. The summed E-state index contributed by atoms with van der Waals surface area (Å²) in [5, 5.41) is 0. The monoisotopic (exact) mass is 258 g/mol. The Morgan fingerprint density at radius 3 is 2.50 bits per heavy atom. The third-order valence-electron chi connectivity index (χ3n) is 3.30. The summed E-state index contributed by atoms with van der Waals surface area (Å²) in [6.45, 7) is 2.61. The number of nitrogens with zero attached hydrogens (tertiary/aromatic N) is 1. The topological polar surface area (TPSA) is 29.3 Å². The second-order valence-corrected chi connectivity index (χ2v) is 4.74. The highest BCUT2D eigenvalue weighted by Gasteiger charge is 2.30. The molecule has 0 amide bonds. The zero-order valence-corrected chi connectivity index (χ0v) is 10.1. The number of hydrogen-bond acceptors (Lipinski definition) is 2. The summed E-state index contributed by atoms with van der Waals surface area (Å²) >= 11 is 0. The smallest absolute Gasteiger partial charge is 0.323 e. The zero-order chi connectivity index (χ0) is 13.2. The van der Waals surface area contributed by atoms with E-state index in [0.29, 0.717) is 12.1 Å². The van der Waals surface area contributed by atoms with Gasteiger partial charge in [-0.25, -0.2) is 0 Å². The number of likely N-dealkylation sites (tertiary alicyclic amines) is 1. The maximum Gasteiger partial charge on any atom is 0.416 e. The highest BCUT2D eigenvalue weighted by Crippen LogP contribution is 2.30. The van der Waals surface area contributed by atoms with Crippen molar-refractivity contribution in [2.24, 2.45) is 5.73 Å². The SMILES string of the molecule is NC(CN1CCCC1)c1cccc(C(F)(F)F)c1. The molecular weight excluding hydrogens is 241 g/mol. The van der Waals surface area contributed by atoms with Crippen LogP contribution in [0.15, 0.2) is 24.3 Å². The summed E-state index contributed by atoms with van der Waals surface area (Å²) in [5.74, 6) is 0. The van der Waals surface area contributed by atoms with Crippen molar-refractivity contribution in [3.8, 4) is 0 Å². The number of rotatable bonds is 3. The van der Waals surface area contributed by atoms with Crippen molar-refractivity contribution in [1.82, 2.24) is 4.90 Å². The molecule has 1 aliphatic rings. The van der Waals surface area contributed by atoms with Gasteiger partial charge >= 0.3 is 6.18 Å². The van der Waals surface area contributed by atoms with Gasteiger partial charge < -0.3 is 10.6 Å². The molecule has 1 atom stereocenters. The van der Waals surface area contributed by atoms with Gasteiger partial charge in [0.05, 0.1) is 5.56 Å². The molecule has 0 aliphatic carbocycles. The first-order valence-corrected chi connectivity index (χ1v) is 6.12. The van der Waals surface area contributed by atoms with E-state index in [9.17, 15) is 13.2 Å². The van der Waals surface area contributed by atoms with Crippen molar-refractivity contribution >= 4 is 0 Å². The van der Waals surface area contributed by atoms with Crippen LogP contribution in [0.1, 0.15) is 30.0 Å². The van der Waals surface area contributed by atoms with Crippen LogP contribution >= 0.6 is 0 Å². The molecule has 1 aromatic rings. The van der Waals surface area contributed by atoms with E-state index in [-0.39, 0.29) is 6.04 Å². The minimum Gasteiger partial charge on any atom is -0.323 e. The van der Waals surface area contributed by atoms with Crippen molar-refractivity contribution < 1.29 is 13.2 Å². The molecule has 0 aromatic heterocycles. The minimum absolute atomic E-state index is 0.356. The average Bonchev–Trinajstić information content (AvgIpc) is 2.81. The van der Waals surface area contributed by atoms with E-state index in [1.807, 2.05) is 0 Å². The molecule has 0 saturated carbocycles. The van der Waals surface area contributed by atoms with E-state index < -0.39 is 11.7 Å². The Bertz CT molecular complexity index is 397. The van der Waals surface area contributed by atoms with E-state index >= 15 is 0 Å². The molecule has 5 heteroatoms. The van der Waals surface area contributed by atoms with Gasteiger partial charge in [-0.3, -0.25) is 0 Å². The number of nitrogens with two attached hydrogens (primary N) is 1. The van der Waals surface area contributed by atoms with Gasteiger partial charge in [-0.15, -0.1) is 0 Å². The first-order chi connectivity index (χ1) is 8.47. The molecular formula is C13H17F3N2. The number of hydrogen-bond donors (Lipinski definition) is 1. The fourth-order valence-electron chi connectivity index (χ4n) is 2.29. The third kappa shape index (κ3) is 3.23. The van der Waals surface area contributed by atoms with Crippen molar-refractivity contribution in [3.63, 3.8) is 0 Å². The molecule has 100 valence electrons. The second kappa shape index (κ2) is 5.28. The first kappa shape index (κ1) is 13.4. The van der Waals surface area contributed by atoms with E-state index in [0.717, 1.165) is 38.1 Å². The molecule has 0 radical (unpaired) electrons. The second-order valence-electron chi connectivity index (χ2n) is 4.74. The van der Waals surface area contributed by atoms with Crippen LogP contribution in [0.5, 0.6) is 0 Å². The van der Waals surface area contributed by atoms with Crippen molar-refractivity contribution in [2.45, 2.75) is 25.1 Å². The predicted molar refractivity (Wildman–Crippen MR) is 64.0 cm³/mol. The molecule has 0 spiro atoms. The van der Waals surface area contributed by atoms with E-state index in [1.54, 1.807) is 6.07 Å². The lowest BCUT2D eigenvalue weighted by Crippen LogP contribution is -2.30. The van der Waals surface area contributed by atoms with E-state index in [1.165, 1.54) is 6.07 Å². The molecule has 2 rings (SSSR count). The highest BCUT2D eigenvalue weighted by atomic mass is 19.4. The van der Waals surface area contributed by atoms with Crippen molar-refractivity contribution in [1.29, 1.82) is 0 Å². The Morgan fingerprint density at radius 1 is 1.22 bits per heavy atom. The lowest BCUT2D eigenvalue weighted by molar-refractivity contribution is -0.137. The van der Waals surface area contributed by atoms with Gasteiger partial charge in [0.25, 0.3) is 0 Å². The van der Waals surface area contributed by atoms with Gasteiger partial charge in [-0.1, -0.05) is 12.1 Å². The predicted octanol–water partition coefficient (Wildman–Crippen LogP) is 2.80. The number of alkyl halides is 3. The lowest BCUT2D eigenvalue weighted by Gasteiger charge is -2.21. The molecule has 1 fully saturated rings. The quantitative estimate of drug-likeness (QED) is 0.903. The van der Waals surface area contributed by atoms with Gasteiger partial charge in [-0.05, 0) is 43.6 Å². The Hall–Kier alpha value is -1.07. The molecule has 1 unspecified atom stereocenters. The summed E-state index contributed by atoms with van der Waals surface area (Å²) in [4.78, 5) is 2.20. The van der Waals surface area contributed by atoms with Crippen LogP contribution in [0, 0.1) is 0 Å². The Kier molecular flexibility index (Phi) is 3.92. The molecule has 2 nitrogen and oxygen atoms in total. The molecule has 1 heterocycles. The van der Waals surface area contributed by atoms with Gasteiger partial charge in [-0.2, -0.15) is 13.2 Å². The highest BCUT2D eigenvalue weighted by molar-refractivity contribution is 5.28. The van der Waals surface area contributed by atoms with Crippen LogP contribution < -0.4 is 5.73 Å². The van der Waals surface area contributed by atoms with Crippen LogP contribution in [0.2, 0.25) is 0 Å². The summed E-state index contributed by atoms with van der Waals surface area (Å²) in [6, 6.07) is 4.95. The Labute approximate surface area is 105 Å². The fraction of sp³-hybridized carbons (Fsp3) is 0.538. The van der Waals surface area contributed by atoms with Crippen LogP contribution in [-0.4, -0.2) is 24.5 Å². The van der Waals surface area contributed by atoms with Crippen LogP contribution in [0.3, 0.4) is 0 Å². The van der Waals surface area contributed by atoms with Gasteiger partial charge in [0, 0.05) is 12.6 Å². The van der Waals surface area contributed by atoms with Crippen LogP contribution in [0.4, 0.5) is 13.2 Å². The molecule has 2 N–H and O–H groups in total.